The van der Waals surface area contributed by atoms with E-state index >= 15 is 0 Å². The van der Waals surface area contributed by atoms with E-state index in [1.165, 1.54) is 6.26 Å². The third kappa shape index (κ3) is 7.31. The van der Waals surface area contributed by atoms with Crippen LogP contribution in [0.1, 0.15) is 18.4 Å². The lowest BCUT2D eigenvalue weighted by molar-refractivity contribution is -0.122. The zero-order valence-corrected chi connectivity index (χ0v) is 16.7. The van der Waals surface area contributed by atoms with Crippen LogP contribution in [0.3, 0.4) is 0 Å². The number of likely N-dealkylation sites (tertiary alicyclic amines) is 1. The molecule has 0 aliphatic carbocycles. The number of sulfonamides is 1. The van der Waals surface area contributed by atoms with Crippen molar-refractivity contribution in [3.05, 3.63) is 29.8 Å². The highest BCUT2D eigenvalue weighted by atomic mass is 32.2. The Labute approximate surface area is 156 Å². The Morgan fingerprint density at radius 2 is 1.96 bits per heavy atom. The van der Waals surface area contributed by atoms with E-state index in [0.29, 0.717) is 19.6 Å². The van der Waals surface area contributed by atoms with Gasteiger partial charge in [0.2, 0.25) is 15.9 Å². The van der Waals surface area contributed by atoms with Gasteiger partial charge in [-0.25, -0.2) is 13.1 Å². The van der Waals surface area contributed by atoms with Gasteiger partial charge in [0.05, 0.1) is 12.8 Å². The van der Waals surface area contributed by atoms with Gasteiger partial charge in [-0.15, -0.1) is 0 Å². The number of amides is 1. The standard InChI is InChI=1S/C18H30N4O3S/c1-21(2)17-8-6-15(7-9-17)11-19-18(23)14-22-10-4-5-16(13-22)12-20-26(3,24)25/h6-9,16,20H,4-5,10-14H2,1-3H3,(H,19,23). The summed E-state index contributed by atoms with van der Waals surface area (Å²) in [4.78, 5) is 16.3. The molecule has 146 valence electrons. The highest BCUT2D eigenvalue weighted by Crippen LogP contribution is 2.16. The fourth-order valence-corrected chi connectivity index (χ4v) is 3.64. The molecule has 0 bridgehead atoms. The molecule has 0 spiro atoms. The summed E-state index contributed by atoms with van der Waals surface area (Å²) in [7, 11) is 0.826. The Morgan fingerprint density at radius 3 is 2.58 bits per heavy atom. The third-order valence-corrected chi connectivity index (χ3v) is 5.24. The topological polar surface area (TPSA) is 81.8 Å². The molecule has 1 aliphatic heterocycles. The van der Waals surface area contributed by atoms with E-state index in [4.69, 9.17) is 0 Å². The van der Waals surface area contributed by atoms with Crippen molar-refractivity contribution in [1.82, 2.24) is 14.9 Å². The van der Waals surface area contributed by atoms with Crippen LogP contribution < -0.4 is 14.9 Å². The molecule has 7 nitrogen and oxygen atoms in total. The fraction of sp³-hybridized carbons (Fsp3) is 0.611. The summed E-state index contributed by atoms with van der Waals surface area (Å²) in [5, 5.41) is 2.96. The second-order valence-electron chi connectivity index (χ2n) is 7.20. The molecule has 1 aromatic rings. The molecule has 1 aliphatic rings. The minimum atomic E-state index is -3.16. The van der Waals surface area contributed by atoms with E-state index < -0.39 is 10.0 Å². The predicted molar refractivity (Wildman–Crippen MR) is 105 cm³/mol. The molecule has 1 atom stereocenters. The molecule has 0 aromatic heterocycles. The maximum Gasteiger partial charge on any atom is 0.234 e. The second kappa shape index (κ2) is 9.34. The number of nitrogens with zero attached hydrogens (tertiary/aromatic N) is 2. The van der Waals surface area contributed by atoms with Crippen molar-refractivity contribution in [3.63, 3.8) is 0 Å². The van der Waals surface area contributed by atoms with Crippen molar-refractivity contribution in [3.8, 4) is 0 Å². The normalized spacial score (nSPS) is 18.5. The summed E-state index contributed by atoms with van der Waals surface area (Å²) in [5.74, 6) is 0.253. The molecule has 1 amide bonds. The summed E-state index contributed by atoms with van der Waals surface area (Å²) in [6.45, 7) is 2.92. The molecule has 2 rings (SSSR count). The SMILES string of the molecule is CN(C)c1ccc(CNC(=O)CN2CCCC(CNS(C)(=O)=O)C2)cc1. The van der Waals surface area contributed by atoms with E-state index in [2.05, 4.69) is 14.9 Å². The van der Waals surface area contributed by atoms with Crippen LogP contribution in [-0.2, 0) is 21.4 Å². The van der Waals surface area contributed by atoms with Crippen molar-refractivity contribution in [2.24, 2.45) is 5.92 Å². The Hall–Kier alpha value is -1.64. The summed E-state index contributed by atoms with van der Waals surface area (Å²) in [6, 6.07) is 8.10. The van der Waals surface area contributed by atoms with E-state index in [0.717, 1.165) is 37.2 Å². The molecule has 0 radical (unpaired) electrons. The van der Waals surface area contributed by atoms with Gasteiger partial charge >= 0.3 is 0 Å². The molecule has 1 fully saturated rings. The highest BCUT2D eigenvalue weighted by Gasteiger charge is 2.22. The van der Waals surface area contributed by atoms with Crippen LogP contribution >= 0.6 is 0 Å². The van der Waals surface area contributed by atoms with Gasteiger partial charge < -0.3 is 10.2 Å². The maximum absolute atomic E-state index is 12.2. The number of carbonyl (C=O) groups excluding carboxylic acids is 1. The number of carbonyl (C=O) groups is 1. The van der Waals surface area contributed by atoms with E-state index in [9.17, 15) is 13.2 Å². The van der Waals surface area contributed by atoms with Crippen LogP contribution in [0.15, 0.2) is 24.3 Å². The molecule has 1 saturated heterocycles. The van der Waals surface area contributed by atoms with Crippen molar-refractivity contribution < 1.29 is 13.2 Å². The van der Waals surface area contributed by atoms with Crippen LogP contribution in [0.5, 0.6) is 0 Å². The number of rotatable bonds is 8. The first-order valence-corrected chi connectivity index (χ1v) is 10.8. The zero-order chi connectivity index (χ0) is 19.2. The predicted octanol–water partition coefficient (Wildman–Crippen LogP) is 0.630. The minimum Gasteiger partial charge on any atom is -0.378 e. The summed E-state index contributed by atoms with van der Waals surface area (Å²) in [5.41, 5.74) is 2.19. The fourth-order valence-electron chi connectivity index (χ4n) is 3.10. The van der Waals surface area contributed by atoms with Gasteiger partial charge in [0.25, 0.3) is 0 Å². The largest absolute Gasteiger partial charge is 0.378 e. The number of hydrogen-bond acceptors (Lipinski definition) is 5. The first-order valence-electron chi connectivity index (χ1n) is 8.93. The lowest BCUT2D eigenvalue weighted by atomic mass is 9.98. The van der Waals surface area contributed by atoms with Gasteiger partial charge in [0.15, 0.2) is 0 Å². The van der Waals surface area contributed by atoms with Crippen molar-refractivity contribution in [1.29, 1.82) is 0 Å². The molecule has 1 aromatic carbocycles. The van der Waals surface area contributed by atoms with Gasteiger partial charge in [0.1, 0.15) is 0 Å². The monoisotopic (exact) mass is 382 g/mol. The molecular weight excluding hydrogens is 352 g/mol. The molecule has 2 N–H and O–H groups in total. The smallest absolute Gasteiger partial charge is 0.234 e. The third-order valence-electron chi connectivity index (χ3n) is 4.55. The summed E-state index contributed by atoms with van der Waals surface area (Å²) < 4.78 is 25.0. The molecule has 1 unspecified atom stereocenters. The Bertz CT molecular complexity index is 689. The van der Waals surface area contributed by atoms with Crippen LogP contribution in [-0.4, -0.2) is 65.8 Å². The molecule has 1 heterocycles. The van der Waals surface area contributed by atoms with Crippen molar-refractivity contribution >= 4 is 21.6 Å². The van der Waals surface area contributed by atoms with Crippen LogP contribution in [0.2, 0.25) is 0 Å². The summed E-state index contributed by atoms with van der Waals surface area (Å²) >= 11 is 0. The minimum absolute atomic E-state index is 0.00147. The van der Waals surface area contributed by atoms with Gasteiger partial charge in [-0.05, 0) is 43.0 Å². The van der Waals surface area contributed by atoms with Crippen LogP contribution in [0.4, 0.5) is 5.69 Å². The number of anilines is 1. The molecule has 0 saturated carbocycles. The van der Waals surface area contributed by atoms with Crippen molar-refractivity contribution in [2.45, 2.75) is 19.4 Å². The van der Waals surface area contributed by atoms with Gasteiger partial charge in [-0.1, -0.05) is 12.1 Å². The van der Waals surface area contributed by atoms with Gasteiger partial charge in [-0.3, -0.25) is 9.69 Å². The maximum atomic E-state index is 12.2. The van der Waals surface area contributed by atoms with E-state index in [1.807, 2.05) is 43.3 Å². The zero-order valence-electron chi connectivity index (χ0n) is 15.9. The van der Waals surface area contributed by atoms with Crippen LogP contribution in [0, 0.1) is 5.92 Å². The average Bonchev–Trinajstić information content (AvgIpc) is 2.58. The quantitative estimate of drug-likeness (QED) is 0.689. The van der Waals surface area contributed by atoms with E-state index in [1.54, 1.807) is 0 Å². The number of hydrogen-bond donors (Lipinski definition) is 2. The van der Waals surface area contributed by atoms with Gasteiger partial charge in [0, 0.05) is 39.4 Å². The lowest BCUT2D eigenvalue weighted by Gasteiger charge is -2.32. The molecular formula is C18H30N4O3S. The summed E-state index contributed by atoms with van der Waals surface area (Å²) in [6.07, 6.45) is 3.14. The number of benzene rings is 1. The van der Waals surface area contributed by atoms with Gasteiger partial charge in [-0.2, -0.15) is 0 Å². The first-order chi connectivity index (χ1) is 12.2. The van der Waals surface area contributed by atoms with E-state index in [-0.39, 0.29) is 11.8 Å². The Kier molecular flexibility index (Phi) is 7.43. The Morgan fingerprint density at radius 1 is 1.27 bits per heavy atom. The second-order valence-corrected chi connectivity index (χ2v) is 9.03. The number of piperidine rings is 1. The average molecular weight is 383 g/mol. The van der Waals surface area contributed by atoms with Crippen molar-refractivity contribution in [2.75, 3.05) is 51.4 Å². The highest BCUT2D eigenvalue weighted by molar-refractivity contribution is 7.88. The molecule has 26 heavy (non-hydrogen) atoms. The Balaban J connectivity index is 1.74. The van der Waals surface area contributed by atoms with Crippen LogP contribution in [0.25, 0.3) is 0 Å². The number of nitrogens with one attached hydrogen (secondary N) is 2. The lowest BCUT2D eigenvalue weighted by Crippen LogP contribution is -2.45. The molecule has 8 heteroatoms. The first kappa shape index (κ1) is 20.7.